The van der Waals surface area contributed by atoms with E-state index < -0.39 is 74.0 Å². The van der Waals surface area contributed by atoms with Gasteiger partial charge in [-0.25, -0.2) is 31.4 Å². The van der Waals surface area contributed by atoms with Crippen LogP contribution in [0.2, 0.25) is 0 Å². The molecule has 0 aliphatic heterocycles. The van der Waals surface area contributed by atoms with Crippen molar-refractivity contribution in [3.63, 3.8) is 0 Å². The fourth-order valence-corrected chi connectivity index (χ4v) is 4.89. The number of carbonyl (C=O) groups is 1. The number of esters is 1. The molecule has 0 saturated heterocycles. The molecule has 0 fully saturated rings. The molecule has 0 amide bonds. The highest BCUT2D eigenvalue weighted by Gasteiger charge is 2.46. The van der Waals surface area contributed by atoms with Gasteiger partial charge in [-0.1, -0.05) is 12.1 Å². The predicted molar refractivity (Wildman–Crippen MR) is 120 cm³/mol. The smallest absolute Gasteiger partial charge is 0.343 e. The summed E-state index contributed by atoms with van der Waals surface area (Å²) in [5.74, 6) is -2.42. The van der Waals surface area contributed by atoms with Crippen LogP contribution in [-0.2, 0) is 29.8 Å². The van der Waals surface area contributed by atoms with Gasteiger partial charge in [0.1, 0.15) is 23.8 Å². The lowest BCUT2D eigenvalue weighted by atomic mass is 9.94. The van der Waals surface area contributed by atoms with Gasteiger partial charge < -0.3 is 9.47 Å². The van der Waals surface area contributed by atoms with Crippen LogP contribution in [0.25, 0.3) is 0 Å². The van der Waals surface area contributed by atoms with Gasteiger partial charge in [0.2, 0.25) is 15.6 Å². The number of benzene rings is 1. The van der Waals surface area contributed by atoms with Gasteiger partial charge >= 0.3 is 5.97 Å². The van der Waals surface area contributed by atoms with E-state index in [1.807, 2.05) is 0 Å². The van der Waals surface area contributed by atoms with E-state index >= 15 is 0 Å². The zero-order chi connectivity index (χ0) is 26.4. The zero-order valence-electron chi connectivity index (χ0n) is 18.5. The number of nitrogens with zero attached hydrogens (tertiary/aromatic N) is 2. The number of nitro groups is 1. The summed E-state index contributed by atoms with van der Waals surface area (Å²) >= 11 is 3.03. The number of ether oxygens (including phenoxy) is 2. The first-order valence-electron chi connectivity index (χ1n) is 9.88. The Bertz CT molecular complexity index is 1200. The van der Waals surface area contributed by atoms with Crippen LogP contribution >= 0.6 is 15.9 Å². The molecule has 0 aliphatic carbocycles. The summed E-state index contributed by atoms with van der Waals surface area (Å²) in [6, 6.07) is 5.46. The summed E-state index contributed by atoms with van der Waals surface area (Å²) in [4.78, 5) is 25.5. The third-order valence-electron chi connectivity index (χ3n) is 4.84. The maximum absolute atomic E-state index is 14.8. The molecule has 1 N–H and O–H groups in total. The molecule has 10 nitrogen and oxygen atoms in total. The Morgan fingerprint density at radius 3 is 2.49 bits per heavy atom. The number of pyridine rings is 1. The number of carbonyl (C=O) groups excluding carboxylic acids is 1. The summed E-state index contributed by atoms with van der Waals surface area (Å²) in [5, 5.41) is 11.4. The molecule has 0 bridgehead atoms. The van der Waals surface area contributed by atoms with E-state index in [2.05, 4.69) is 30.4 Å². The molecule has 1 aromatic heterocycles. The minimum atomic E-state index is -4.76. The molecule has 35 heavy (non-hydrogen) atoms. The van der Waals surface area contributed by atoms with E-state index in [4.69, 9.17) is 4.74 Å². The normalized spacial score (nSPS) is 13.8. The van der Waals surface area contributed by atoms with E-state index in [0.717, 1.165) is 31.3 Å². The predicted octanol–water partition coefficient (Wildman–Crippen LogP) is 3.34. The Morgan fingerprint density at radius 2 is 1.91 bits per heavy atom. The van der Waals surface area contributed by atoms with Gasteiger partial charge in [-0.15, -0.1) is 0 Å². The highest BCUT2D eigenvalue weighted by Crippen LogP contribution is 2.32. The summed E-state index contributed by atoms with van der Waals surface area (Å²) in [5.41, 5.74) is -6.05. The Kier molecular flexibility index (Phi) is 9.33. The van der Waals surface area contributed by atoms with Crippen molar-refractivity contribution in [2.24, 2.45) is 0 Å². The number of alkyl halides is 2. The average Bonchev–Trinajstić information content (AvgIpc) is 2.81. The van der Waals surface area contributed by atoms with Crippen LogP contribution in [0.15, 0.2) is 46.0 Å². The van der Waals surface area contributed by atoms with Crippen molar-refractivity contribution in [3.05, 3.63) is 62.6 Å². The second-order valence-electron chi connectivity index (χ2n) is 7.42. The van der Waals surface area contributed by atoms with E-state index in [1.54, 1.807) is 0 Å². The number of rotatable bonds is 12. The number of aromatic nitrogens is 1. The Morgan fingerprint density at radius 1 is 1.29 bits per heavy atom. The number of nitrogens with one attached hydrogen (secondary N) is 1. The van der Waals surface area contributed by atoms with Gasteiger partial charge in [0.15, 0.2) is 4.90 Å². The number of hydrogen-bond acceptors (Lipinski definition) is 8. The molecule has 1 atom stereocenters. The lowest BCUT2D eigenvalue weighted by Gasteiger charge is -2.35. The van der Waals surface area contributed by atoms with Crippen molar-refractivity contribution < 1.29 is 40.8 Å². The van der Waals surface area contributed by atoms with Crippen molar-refractivity contribution in [3.8, 4) is 0 Å². The first-order chi connectivity index (χ1) is 16.4. The van der Waals surface area contributed by atoms with Gasteiger partial charge in [0.05, 0.1) is 29.9 Å². The largest absolute Gasteiger partial charge is 0.464 e. The lowest BCUT2D eigenvalue weighted by molar-refractivity contribution is -0.387. The summed E-state index contributed by atoms with van der Waals surface area (Å²) in [6.07, 6.45) is 0.750. The van der Waals surface area contributed by atoms with Crippen molar-refractivity contribution in [2.75, 3.05) is 26.6 Å². The summed E-state index contributed by atoms with van der Waals surface area (Å²) in [6.45, 7) is -2.04. The van der Waals surface area contributed by atoms with Crippen LogP contribution in [0.3, 0.4) is 0 Å². The van der Waals surface area contributed by atoms with Crippen LogP contribution in [0.1, 0.15) is 19.4 Å². The average molecular weight is 584 g/mol. The molecule has 2 aromatic rings. The minimum absolute atomic E-state index is 0.0673. The quantitative estimate of drug-likeness (QED) is 0.174. The van der Waals surface area contributed by atoms with Gasteiger partial charge in [0, 0.05) is 11.6 Å². The second kappa shape index (κ2) is 11.4. The van der Waals surface area contributed by atoms with Crippen LogP contribution in [0.5, 0.6) is 0 Å². The topological polar surface area (TPSA) is 138 Å². The molecule has 1 heterocycles. The third-order valence-corrected chi connectivity index (χ3v) is 6.92. The first-order valence-corrected chi connectivity index (χ1v) is 12.2. The maximum Gasteiger partial charge on any atom is 0.343 e. The molecule has 1 aromatic carbocycles. The van der Waals surface area contributed by atoms with E-state index in [9.17, 15) is 36.5 Å². The van der Waals surface area contributed by atoms with Gasteiger partial charge in [-0.05, 0) is 41.9 Å². The summed E-state index contributed by atoms with van der Waals surface area (Å²) in [7, 11) is -4.76. The molecule has 192 valence electrons. The van der Waals surface area contributed by atoms with Crippen LogP contribution in [-0.4, -0.2) is 56.5 Å². The van der Waals surface area contributed by atoms with Gasteiger partial charge in [-0.3, -0.25) is 10.1 Å². The van der Waals surface area contributed by atoms with E-state index in [-0.39, 0.29) is 11.2 Å². The van der Waals surface area contributed by atoms with Crippen LogP contribution in [0, 0.1) is 15.9 Å². The Hall–Kier alpha value is -2.62. The maximum atomic E-state index is 14.8. The van der Waals surface area contributed by atoms with Crippen LogP contribution < -0.4 is 4.72 Å². The highest BCUT2D eigenvalue weighted by molar-refractivity contribution is 9.10. The van der Waals surface area contributed by atoms with Gasteiger partial charge in [-0.2, -0.15) is 4.72 Å². The van der Waals surface area contributed by atoms with Crippen molar-refractivity contribution in [1.29, 1.82) is 0 Å². The Balaban J connectivity index is 2.61. The number of halogens is 4. The SMILES string of the molecule is CCOC(=O)C(CF)(CF)OCC(C)(NS(=O)(=O)c1ccccc1[N+](=O)[O-])c1cc(Br)ncc1F. The minimum Gasteiger partial charge on any atom is -0.464 e. The number of hydrogen-bond donors (Lipinski definition) is 1. The van der Waals surface area contributed by atoms with E-state index in [1.165, 1.54) is 19.1 Å². The molecule has 0 aliphatic rings. The van der Waals surface area contributed by atoms with Crippen molar-refractivity contribution in [1.82, 2.24) is 9.71 Å². The number of sulfonamides is 1. The Labute approximate surface area is 207 Å². The zero-order valence-corrected chi connectivity index (χ0v) is 20.9. The highest BCUT2D eigenvalue weighted by atomic mass is 79.9. The fourth-order valence-electron chi connectivity index (χ4n) is 3.01. The third kappa shape index (κ3) is 6.34. The van der Waals surface area contributed by atoms with Gasteiger partial charge in [0.25, 0.3) is 5.69 Å². The molecular formula is C20H21BrF3N3O7S. The number of para-hydroxylation sites is 1. The number of nitro benzene ring substituents is 1. The van der Waals surface area contributed by atoms with Crippen LogP contribution in [0.4, 0.5) is 18.9 Å². The molecule has 0 saturated carbocycles. The molecule has 15 heteroatoms. The monoisotopic (exact) mass is 583 g/mol. The lowest BCUT2D eigenvalue weighted by Crippen LogP contribution is -2.54. The molecule has 0 radical (unpaired) electrons. The molecule has 1 unspecified atom stereocenters. The second-order valence-corrected chi connectivity index (χ2v) is 9.88. The van der Waals surface area contributed by atoms with E-state index in [0.29, 0.717) is 0 Å². The molecule has 0 spiro atoms. The van der Waals surface area contributed by atoms with Crippen molar-refractivity contribution >= 4 is 37.6 Å². The molecule has 2 rings (SSSR count). The molecular weight excluding hydrogens is 563 g/mol. The standard InChI is InChI=1S/C20H21BrF3N3O7S/c1-3-33-18(28)20(10-22,11-23)34-12-19(2,13-8-17(21)25-9-14(13)24)26-35(31,32)16-7-5-4-6-15(16)27(29)30/h4-9,26H,3,10-12H2,1-2H3. The van der Waals surface area contributed by atoms with Crippen molar-refractivity contribution in [2.45, 2.75) is 29.9 Å². The fraction of sp³-hybridized carbons (Fsp3) is 0.400. The summed E-state index contributed by atoms with van der Waals surface area (Å²) < 4.78 is 80.8. The first kappa shape index (κ1) is 28.6.